The summed E-state index contributed by atoms with van der Waals surface area (Å²) in [6.45, 7) is 7.76. The van der Waals surface area contributed by atoms with Gasteiger partial charge in [-0.3, -0.25) is 0 Å². The summed E-state index contributed by atoms with van der Waals surface area (Å²) >= 11 is 0. The van der Waals surface area contributed by atoms with Gasteiger partial charge < -0.3 is 5.32 Å². The third-order valence-corrected chi connectivity index (χ3v) is 5.58. The molecular weight excluding hydrogens is 326 g/mol. The molecule has 0 heterocycles. The standard InChI is InChI=1S/C26H47N/c1-4-5-6-7-8-9-10-11-12-13-14-15-16-17-18-19-20-27-26-22-24(2)21-25(3)23-26/h21-23,27H,4-20H2,1-3H3. The van der Waals surface area contributed by atoms with Crippen molar-refractivity contribution in [1.82, 2.24) is 0 Å². The zero-order chi connectivity index (χ0) is 19.6. The van der Waals surface area contributed by atoms with Crippen LogP contribution in [-0.2, 0) is 0 Å². The predicted octanol–water partition coefficient (Wildman–Crippen LogP) is 8.98. The van der Waals surface area contributed by atoms with E-state index in [4.69, 9.17) is 0 Å². The van der Waals surface area contributed by atoms with Crippen molar-refractivity contribution in [1.29, 1.82) is 0 Å². The van der Waals surface area contributed by atoms with Crippen molar-refractivity contribution in [3.05, 3.63) is 29.3 Å². The molecule has 0 fully saturated rings. The molecule has 156 valence electrons. The second-order valence-electron chi connectivity index (χ2n) is 8.61. The Bertz CT molecular complexity index is 431. The van der Waals surface area contributed by atoms with Crippen molar-refractivity contribution in [2.24, 2.45) is 0 Å². The minimum Gasteiger partial charge on any atom is -0.385 e. The number of rotatable bonds is 18. The van der Waals surface area contributed by atoms with Gasteiger partial charge in [-0.2, -0.15) is 0 Å². The van der Waals surface area contributed by atoms with Gasteiger partial charge in [-0.1, -0.05) is 109 Å². The van der Waals surface area contributed by atoms with Crippen LogP contribution in [0.15, 0.2) is 18.2 Å². The van der Waals surface area contributed by atoms with Gasteiger partial charge in [0.2, 0.25) is 0 Å². The largest absolute Gasteiger partial charge is 0.385 e. The summed E-state index contributed by atoms with van der Waals surface area (Å²) in [6, 6.07) is 6.73. The fraction of sp³-hybridized carbons (Fsp3) is 0.769. The first-order valence-corrected chi connectivity index (χ1v) is 12.0. The molecule has 0 aromatic heterocycles. The van der Waals surface area contributed by atoms with Crippen LogP contribution in [0.1, 0.15) is 121 Å². The van der Waals surface area contributed by atoms with Gasteiger partial charge in [0, 0.05) is 12.2 Å². The number of anilines is 1. The van der Waals surface area contributed by atoms with Crippen LogP contribution in [0.3, 0.4) is 0 Å². The summed E-state index contributed by atoms with van der Waals surface area (Å²) in [4.78, 5) is 0. The van der Waals surface area contributed by atoms with Crippen LogP contribution in [0.4, 0.5) is 5.69 Å². The number of nitrogens with one attached hydrogen (secondary N) is 1. The van der Waals surface area contributed by atoms with Crippen LogP contribution in [0.2, 0.25) is 0 Å². The minimum atomic E-state index is 1.11. The fourth-order valence-corrected chi connectivity index (χ4v) is 3.98. The van der Waals surface area contributed by atoms with E-state index in [-0.39, 0.29) is 0 Å². The molecule has 0 radical (unpaired) electrons. The van der Waals surface area contributed by atoms with Gasteiger partial charge in [0.15, 0.2) is 0 Å². The molecule has 0 aliphatic carbocycles. The SMILES string of the molecule is CCCCCCCCCCCCCCCCCCNc1cc(C)cc(C)c1. The molecule has 1 nitrogen and oxygen atoms in total. The quantitative estimate of drug-likeness (QED) is 0.253. The Labute approximate surface area is 170 Å². The van der Waals surface area contributed by atoms with Crippen molar-refractivity contribution in [2.75, 3.05) is 11.9 Å². The minimum absolute atomic E-state index is 1.11. The lowest BCUT2D eigenvalue weighted by Gasteiger charge is -2.08. The zero-order valence-corrected chi connectivity index (χ0v) is 18.8. The van der Waals surface area contributed by atoms with Gasteiger partial charge in [-0.25, -0.2) is 0 Å². The number of hydrogen-bond donors (Lipinski definition) is 1. The second kappa shape index (κ2) is 17.1. The van der Waals surface area contributed by atoms with Crippen molar-refractivity contribution >= 4 is 5.69 Å². The zero-order valence-electron chi connectivity index (χ0n) is 18.8. The first kappa shape index (κ1) is 24.1. The van der Waals surface area contributed by atoms with E-state index in [1.54, 1.807) is 0 Å². The van der Waals surface area contributed by atoms with Gasteiger partial charge in [-0.05, 0) is 43.5 Å². The van der Waals surface area contributed by atoms with Crippen LogP contribution in [0.25, 0.3) is 0 Å². The highest BCUT2D eigenvalue weighted by Crippen LogP contribution is 2.15. The molecule has 0 aliphatic heterocycles. The van der Waals surface area contributed by atoms with E-state index in [1.807, 2.05) is 0 Å². The van der Waals surface area contributed by atoms with Crippen LogP contribution < -0.4 is 5.32 Å². The van der Waals surface area contributed by atoms with Gasteiger partial charge in [0.05, 0.1) is 0 Å². The molecule has 0 unspecified atom stereocenters. The number of aryl methyl sites for hydroxylation is 2. The van der Waals surface area contributed by atoms with E-state index in [9.17, 15) is 0 Å². The lowest BCUT2D eigenvalue weighted by molar-refractivity contribution is 0.530. The van der Waals surface area contributed by atoms with Crippen molar-refractivity contribution in [3.63, 3.8) is 0 Å². The van der Waals surface area contributed by atoms with Crippen LogP contribution in [0, 0.1) is 13.8 Å². The maximum Gasteiger partial charge on any atom is 0.0345 e. The van der Waals surface area contributed by atoms with E-state index in [0.717, 1.165) is 6.54 Å². The first-order chi connectivity index (χ1) is 13.2. The van der Waals surface area contributed by atoms with Gasteiger partial charge in [-0.15, -0.1) is 0 Å². The highest BCUT2D eigenvalue weighted by atomic mass is 14.9. The van der Waals surface area contributed by atoms with Crippen LogP contribution >= 0.6 is 0 Å². The molecule has 1 aromatic rings. The Morgan fingerprint density at radius 2 is 0.889 bits per heavy atom. The summed E-state index contributed by atoms with van der Waals surface area (Å²) < 4.78 is 0. The average Bonchev–Trinajstić information content (AvgIpc) is 2.63. The second-order valence-corrected chi connectivity index (χ2v) is 8.61. The Morgan fingerprint density at radius 3 is 1.30 bits per heavy atom. The summed E-state index contributed by atoms with van der Waals surface area (Å²) in [7, 11) is 0. The third-order valence-electron chi connectivity index (χ3n) is 5.58. The molecule has 0 aliphatic rings. The molecule has 27 heavy (non-hydrogen) atoms. The molecular formula is C26H47N. The first-order valence-electron chi connectivity index (χ1n) is 12.0. The van der Waals surface area contributed by atoms with Gasteiger partial charge >= 0.3 is 0 Å². The molecule has 0 bridgehead atoms. The highest BCUT2D eigenvalue weighted by molar-refractivity contribution is 5.48. The fourth-order valence-electron chi connectivity index (χ4n) is 3.98. The predicted molar refractivity (Wildman–Crippen MR) is 124 cm³/mol. The summed E-state index contributed by atoms with van der Waals surface area (Å²) in [5.74, 6) is 0. The molecule has 0 atom stereocenters. The van der Waals surface area contributed by atoms with Crippen LogP contribution in [0.5, 0.6) is 0 Å². The lowest BCUT2D eigenvalue weighted by Crippen LogP contribution is -2.01. The van der Waals surface area contributed by atoms with E-state index < -0.39 is 0 Å². The lowest BCUT2D eigenvalue weighted by atomic mass is 10.0. The average molecular weight is 374 g/mol. The molecule has 0 saturated carbocycles. The third kappa shape index (κ3) is 14.7. The Hall–Kier alpha value is -0.980. The van der Waals surface area contributed by atoms with E-state index in [0.29, 0.717) is 0 Å². The maximum atomic E-state index is 3.58. The molecule has 0 spiro atoms. The molecule has 0 saturated heterocycles. The monoisotopic (exact) mass is 373 g/mol. The van der Waals surface area contributed by atoms with Crippen molar-refractivity contribution < 1.29 is 0 Å². The highest BCUT2D eigenvalue weighted by Gasteiger charge is 1.97. The smallest absolute Gasteiger partial charge is 0.0345 e. The maximum absolute atomic E-state index is 3.58. The van der Waals surface area contributed by atoms with E-state index in [2.05, 4.69) is 44.3 Å². The summed E-state index contributed by atoms with van der Waals surface area (Å²) in [5.41, 5.74) is 3.99. The summed E-state index contributed by atoms with van der Waals surface area (Å²) in [5, 5.41) is 3.58. The Morgan fingerprint density at radius 1 is 0.519 bits per heavy atom. The van der Waals surface area contributed by atoms with E-state index >= 15 is 0 Å². The van der Waals surface area contributed by atoms with Crippen LogP contribution in [-0.4, -0.2) is 6.54 Å². The molecule has 1 heteroatoms. The van der Waals surface area contributed by atoms with Crippen molar-refractivity contribution in [2.45, 2.75) is 124 Å². The van der Waals surface area contributed by atoms with E-state index in [1.165, 1.54) is 120 Å². The molecule has 1 rings (SSSR count). The van der Waals surface area contributed by atoms with Crippen molar-refractivity contribution in [3.8, 4) is 0 Å². The molecule has 1 aromatic carbocycles. The van der Waals surface area contributed by atoms with Gasteiger partial charge in [0.25, 0.3) is 0 Å². The number of hydrogen-bond acceptors (Lipinski definition) is 1. The normalized spacial score (nSPS) is 11.1. The topological polar surface area (TPSA) is 12.0 Å². The Kier molecular flexibility index (Phi) is 15.3. The Balaban J connectivity index is 1.78. The van der Waals surface area contributed by atoms with Gasteiger partial charge in [0.1, 0.15) is 0 Å². The summed E-state index contributed by atoms with van der Waals surface area (Å²) in [6.07, 6.45) is 22.9. The molecule has 0 amide bonds. The number of benzene rings is 1. The molecule has 1 N–H and O–H groups in total. The number of unbranched alkanes of at least 4 members (excludes halogenated alkanes) is 15.